The van der Waals surface area contributed by atoms with Gasteiger partial charge >= 0.3 is 0 Å². The van der Waals surface area contributed by atoms with Crippen molar-refractivity contribution in [3.63, 3.8) is 0 Å². The summed E-state index contributed by atoms with van der Waals surface area (Å²) in [5.41, 5.74) is 0.705. The summed E-state index contributed by atoms with van der Waals surface area (Å²) in [5.74, 6) is 0.692. The minimum absolute atomic E-state index is 0.184. The van der Waals surface area contributed by atoms with E-state index in [9.17, 15) is 8.42 Å². The van der Waals surface area contributed by atoms with Gasteiger partial charge in [0.1, 0.15) is 5.76 Å². The van der Waals surface area contributed by atoms with Gasteiger partial charge in [-0.25, -0.2) is 0 Å². The lowest BCUT2D eigenvalue weighted by Gasteiger charge is -2.22. The van der Waals surface area contributed by atoms with Crippen LogP contribution in [0.15, 0.2) is 35.1 Å². The van der Waals surface area contributed by atoms with Crippen LogP contribution in [0.3, 0.4) is 0 Å². The van der Waals surface area contributed by atoms with E-state index in [-0.39, 0.29) is 18.6 Å². The molecule has 0 bridgehead atoms. The molecule has 0 aliphatic carbocycles. The van der Waals surface area contributed by atoms with Crippen LogP contribution in [0.4, 0.5) is 0 Å². The molecule has 7 nitrogen and oxygen atoms in total. The Balaban J connectivity index is 1.68. The molecule has 3 heterocycles. The van der Waals surface area contributed by atoms with Gasteiger partial charge in [0.05, 0.1) is 24.5 Å². The van der Waals surface area contributed by atoms with Gasteiger partial charge < -0.3 is 4.42 Å². The van der Waals surface area contributed by atoms with Gasteiger partial charge in [0.2, 0.25) is 0 Å². The van der Waals surface area contributed by atoms with E-state index in [1.54, 1.807) is 12.3 Å². The number of nitrogens with one attached hydrogen (secondary N) is 1. The van der Waals surface area contributed by atoms with Crippen molar-refractivity contribution in [2.45, 2.75) is 45.3 Å². The molecule has 0 amide bonds. The highest BCUT2D eigenvalue weighted by Crippen LogP contribution is 2.33. The first-order valence-corrected chi connectivity index (χ1v) is 9.25. The highest BCUT2D eigenvalue weighted by Gasteiger charge is 2.36. The van der Waals surface area contributed by atoms with Gasteiger partial charge in [-0.3, -0.25) is 4.68 Å². The summed E-state index contributed by atoms with van der Waals surface area (Å²) in [6.45, 7) is 4.74. The maximum Gasteiger partial charge on any atom is 0.280 e. The molecule has 0 radical (unpaired) electrons. The molecule has 0 spiro atoms. The normalized spacial score (nSPS) is 19.7. The Morgan fingerprint density at radius 3 is 2.91 bits per heavy atom. The molecule has 1 saturated heterocycles. The Kier molecular flexibility index (Phi) is 4.56. The monoisotopic (exact) mass is 338 g/mol. The Morgan fingerprint density at radius 2 is 2.26 bits per heavy atom. The first-order valence-electron chi connectivity index (χ1n) is 7.81. The summed E-state index contributed by atoms with van der Waals surface area (Å²) >= 11 is 0. The van der Waals surface area contributed by atoms with Crippen LogP contribution < -0.4 is 4.72 Å². The minimum Gasteiger partial charge on any atom is -0.468 e. The Hall–Kier alpha value is -1.64. The predicted molar refractivity (Wildman–Crippen MR) is 85.8 cm³/mol. The smallest absolute Gasteiger partial charge is 0.280 e. The maximum atomic E-state index is 12.6. The summed E-state index contributed by atoms with van der Waals surface area (Å²) in [6, 6.07) is 5.46. The second-order valence-electron chi connectivity index (χ2n) is 5.99. The van der Waals surface area contributed by atoms with Gasteiger partial charge in [0.15, 0.2) is 0 Å². The van der Waals surface area contributed by atoms with Crippen molar-refractivity contribution in [3.8, 4) is 0 Å². The summed E-state index contributed by atoms with van der Waals surface area (Å²) in [7, 11) is -3.57. The van der Waals surface area contributed by atoms with E-state index >= 15 is 0 Å². The van der Waals surface area contributed by atoms with E-state index in [0.717, 1.165) is 12.8 Å². The van der Waals surface area contributed by atoms with Gasteiger partial charge in [-0.15, -0.1) is 0 Å². The van der Waals surface area contributed by atoms with Crippen molar-refractivity contribution in [3.05, 3.63) is 42.1 Å². The van der Waals surface area contributed by atoms with E-state index in [2.05, 4.69) is 9.82 Å². The lowest BCUT2D eigenvalue weighted by Crippen LogP contribution is -2.40. The molecule has 3 rings (SSSR count). The van der Waals surface area contributed by atoms with Crippen LogP contribution in [0.1, 0.15) is 50.2 Å². The zero-order valence-electron chi connectivity index (χ0n) is 13.3. The Labute approximate surface area is 136 Å². The van der Waals surface area contributed by atoms with E-state index in [4.69, 9.17) is 4.42 Å². The van der Waals surface area contributed by atoms with Crippen LogP contribution in [0.5, 0.6) is 0 Å². The molecule has 2 aromatic rings. The van der Waals surface area contributed by atoms with Gasteiger partial charge in [-0.1, -0.05) is 0 Å². The topological polar surface area (TPSA) is 80.4 Å². The molecule has 1 fully saturated rings. The molecule has 8 heteroatoms. The van der Waals surface area contributed by atoms with Gasteiger partial charge in [-0.2, -0.15) is 22.5 Å². The average molecular weight is 338 g/mol. The lowest BCUT2D eigenvalue weighted by molar-refractivity contribution is 0.335. The minimum atomic E-state index is -3.57. The third kappa shape index (κ3) is 3.49. The molecule has 126 valence electrons. The fourth-order valence-corrected chi connectivity index (χ4v) is 4.21. The van der Waals surface area contributed by atoms with Crippen LogP contribution >= 0.6 is 0 Å². The van der Waals surface area contributed by atoms with Crippen LogP contribution in [0.25, 0.3) is 0 Å². The van der Waals surface area contributed by atoms with Gasteiger partial charge in [0, 0.05) is 18.8 Å². The van der Waals surface area contributed by atoms with Crippen LogP contribution in [-0.2, 0) is 16.8 Å². The largest absolute Gasteiger partial charge is 0.468 e. The number of hydrogen-bond donors (Lipinski definition) is 1. The van der Waals surface area contributed by atoms with E-state index in [1.807, 2.05) is 36.9 Å². The Bertz CT molecular complexity index is 737. The summed E-state index contributed by atoms with van der Waals surface area (Å²) in [6.07, 6.45) is 5.03. The highest BCUT2D eigenvalue weighted by molar-refractivity contribution is 7.87. The van der Waals surface area contributed by atoms with Gasteiger partial charge in [0.25, 0.3) is 10.2 Å². The standard InChI is InChI=1S/C15H22N4O3S/c1-12(2)18-9-7-13(17-18)11-16-23(20,21)19-8-3-5-14(19)15-6-4-10-22-15/h4,6-7,9-10,12,14,16H,3,5,8,11H2,1-2H3/t14-/m1/s1. The number of aromatic nitrogens is 2. The van der Waals surface area contributed by atoms with Crippen LogP contribution in [0, 0.1) is 0 Å². The molecule has 0 aromatic carbocycles. The summed E-state index contributed by atoms with van der Waals surface area (Å²) in [5, 5.41) is 4.36. The van der Waals surface area contributed by atoms with Crippen molar-refractivity contribution >= 4 is 10.2 Å². The molecular weight excluding hydrogens is 316 g/mol. The molecule has 1 aliphatic rings. The number of rotatable bonds is 6. The third-order valence-corrected chi connectivity index (χ3v) is 5.58. The molecule has 23 heavy (non-hydrogen) atoms. The maximum absolute atomic E-state index is 12.6. The SMILES string of the molecule is CC(C)n1ccc(CNS(=O)(=O)N2CCC[C@@H]2c2ccco2)n1. The third-order valence-electron chi connectivity index (χ3n) is 4.01. The lowest BCUT2D eigenvalue weighted by atomic mass is 10.2. The zero-order valence-corrected chi connectivity index (χ0v) is 14.2. The fraction of sp³-hybridized carbons (Fsp3) is 0.533. The second kappa shape index (κ2) is 6.46. The number of nitrogens with zero attached hydrogens (tertiary/aromatic N) is 3. The van der Waals surface area contributed by atoms with Crippen molar-refractivity contribution in [1.29, 1.82) is 0 Å². The van der Waals surface area contributed by atoms with Crippen molar-refractivity contribution in [2.75, 3.05) is 6.54 Å². The van der Waals surface area contributed by atoms with E-state index < -0.39 is 10.2 Å². The second-order valence-corrected chi connectivity index (χ2v) is 7.70. The fourth-order valence-electron chi connectivity index (χ4n) is 2.80. The molecular formula is C15H22N4O3S. The van der Waals surface area contributed by atoms with Gasteiger partial charge in [-0.05, 0) is 44.9 Å². The van der Waals surface area contributed by atoms with E-state index in [1.165, 1.54) is 4.31 Å². The molecule has 1 atom stereocenters. The van der Waals surface area contributed by atoms with Crippen LogP contribution in [0.2, 0.25) is 0 Å². The number of furan rings is 1. The predicted octanol–water partition coefficient (Wildman–Crippen LogP) is 2.23. The van der Waals surface area contributed by atoms with E-state index in [0.29, 0.717) is 18.0 Å². The summed E-state index contributed by atoms with van der Waals surface area (Å²) < 4.78 is 36.5. The van der Waals surface area contributed by atoms with Crippen molar-refractivity contribution in [2.24, 2.45) is 0 Å². The summed E-state index contributed by atoms with van der Waals surface area (Å²) in [4.78, 5) is 0. The van der Waals surface area contributed by atoms with Crippen LogP contribution in [-0.4, -0.2) is 29.0 Å². The first-order chi connectivity index (χ1) is 11.0. The molecule has 1 aliphatic heterocycles. The molecule has 0 unspecified atom stereocenters. The first kappa shape index (κ1) is 16.2. The Morgan fingerprint density at radius 1 is 1.43 bits per heavy atom. The quantitative estimate of drug-likeness (QED) is 0.876. The number of hydrogen-bond acceptors (Lipinski definition) is 4. The molecule has 2 aromatic heterocycles. The molecule has 0 saturated carbocycles. The molecule has 1 N–H and O–H groups in total. The van der Waals surface area contributed by atoms with Crippen molar-refractivity contribution < 1.29 is 12.8 Å². The average Bonchev–Trinajstić information content (AvgIpc) is 3.23. The highest BCUT2D eigenvalue weighted by atomic mass is 32.2. The van der Waals surface area contributed by atoms with Crippen molar-refractivity contribution in [1.82, 2.24) is 18.8 Å². The zero-order chi connectivity index (χ0) is 16.4.